The lowest BCUT2D eigenvalue weighted by atomic mass is 10.0. The minimum absolute atomic E-state index is 0.149. The Morgan fingerprint density at radius 2 is 1.29 bits per heavy atom. The molecule has 2 nitrogen and oxygen atoms in total. The van der Waals surface area contributed by atoms with E-state index in [9.17, 15) is 4.79 Å². The molecule has 0 spiro atoms. The summed E-state index contributed by atoms with van der Waals surface area (Å²) < 4.78 is 0. The Bertz CT molecular complexity index is 264. The molecule has 2 heteroatoms. The van der Waals surface area contributed by atoms with Crippen LogP contribution in [0.2, 0.25) is 0 Å². The Hall–Kier alpha value is -0.530. The Labute approximate surface area is 132 Å². The van der Waals surface area contributed by atoms with Crippen LogP contribution in [0, 0.1) is 11.8 Å². The molecule has 0 aliphatic heterocycles. The fraction of sp³-hybridized carbons (Fsp3) is 0.947. The molecular weight excluding hydrogens is 258 g/mol. The number of hydrogen-bond acceptors (Lipinski definition) is 1. The van der Waals surface area contributed by atoms with E-state index in [0.717, 1.165) is 18.3 Å². The van der Waals surface area contributed by atoms with Gasteiger partial charge < -0.3 is 5.73 Å². The molecule has 1 saturated carbocycles. The molecule has 2 N–H and O–H groups in total. The molecule has 0 saturated heterocycles. The van der Waals surface area contributed by atoms with Crippen molar-refractivity contribution in [3.63, 3.8) is 0 Å². The van der Waals surface area contributed by atoms with Gasteiger partial charge in [0.25, 0.3) is 0 Å². The topological polar surface area (TPSA) is 43.1 Å². The number of unbranched alkanes of at least 4 members (excludes halogenated alkanes) is 9. The SMILES string of the molecule is CCCCCCC1CC1CCCCCCCCCC(N)=O. The first-order valence-electron chi connectivity index (χ1n) is 9.52. The van der Waals surface area contributed by atoms with Crippen molar-refractivity contribution >= 4 is 5.91 Å². The van der Waals surface area contributed by atoms with Crippen molar-refractivity contribution < 1.29 is 4.79 Å². The summed E-state index contributed by atoms with van der Waals surface area (Å²) in [6.45, 7) is 2.29. The summed E-state index contributed by atoms with van der Waals surface area (Å²) in [5.41, 5.74) is 5.12. The average molecular weight is 296 g/mol. The first-order valence-corrected chi connectivity index (χ1v) is 9.52. The molecule has 0 heterocycles. The van der Waals surface area contributed by atoms with Gasteiger partial charge in [-0.15, -0.1) is 0 Å². The normalized spacial score (nSPS) is 20.6. The Morgan fingerprint density at radius 3 is 1.81 bits per heavy atom. The minimum Gasteiger partial charge on any atom is -0.370 e. The van der Waals surface area contributed by atoms with E-state index in [1.165, 1.54) is 83.5 Å². The highest BCUT2D eigenvalue weighted by Crippen LogP contribution is 2.45. The van der Waals surface area contributed by atoms with Gasteiger partial charge in [-0.1, -0.05) is 84.0 Å². The van der Waals surface area contributed by atoms with Gasteiger partial charge in [0.05, 0.1) is 0 Å². The molecule has 0 aromatic heterocycles. The van der Waals surface area contributed by atoms with Crippen molar-refractivity contribution in [2.75, 3.05) is 0 Å². The first kappa shape index (κ1) is 18.5. The van der Waals surface area contributed by atoms with Gasteiger partial charge in [-0.2, -0.15) is 0 Å². The Balaban J connectivity index is 1.75. The van der Waals surface area contributed by atoms with Gasteiger partial charge >= 0.3 is 0 Å². The predicted octanol–water partition coefficient (Wildman–Crippen LogP) is 5.59. The van der Waals surface area contributed by atoms with E-state index in [1.54, 1.807) is 0 Å². The molecule has 0 radical (unpaired) electrons. The summed E-state index contributed by atoms with van der Waals surface area (Å²) in [5.74, 6) is 2.03. The van der Waals surface area contributed by atoms with Crippen molar-refractivity contribution in [1.82, 2.24) is 0 Å². The highest BCUT2D eigenvalue weighted by molar-refractivity contribution is 5.73. The number of carbonyl (C=O) groups excluding carboxylic acids is 1. The van der Waals surface area contributed by atoms with Crippen LogP contribution in [0.1, 0.15) is 103 Å². The molecule has 1 fully saturated rings. The van der Waals surface area contributed by atoms with Crippen molar-refractivity contribution in [1.29, 1.82) is 0 Å². The van der Waals surface area contributed by atoms with E-state index in [1.807, 2.05) is 0 Å². The van der Waals surface area contributed by atoms with Crippen LogP contribution in [0.3, 0.4) is 0 Å². The lowest BCUT2D eigenvalue weighted by molar-refractivity contribution is -0.118. The second kappa shape index (κ2) is 12.1. The van der Waals surface area contributed by atoms with Crippen LogP contribution in [0.15, 0.2) is 0 Å². The monoisotopic (exact) mass is 295 g/mol. The number of nitrogens with two attached hydrogens (primary N) is 1. The molecule has 1 aliphatic rings. The molecule has 0 aromatic rings. The summed E-state index contributed by atoms with van der Waals surface area (Å²) in [7, 11) is 0. The third-order valence-corrected chi connectivity index (χ3v) is 5.00. The molecular formula is C19H37NO. The maximum atomic E-state index is 10.6. The molecule has 2 unspecified atom stereocenters. The Morgan fingerprint density at radius 1 is 0.810 bits per heavy atom. The molecule has 0 aromatic carbocycles. The van der Waals surface area contributed by atoms with Gasteiger partial charge in [-0.05, 0) is 24.7 Å². The molecule has 2 atom stereocenters. The fourth-order valence-electron chi connectivity index (χ4n) is 3.44. The van der Waals surface area contributed by atoms with Crippen LogP contribution in [0.4, 0.5) is 0 Å². The number of primary amides is 1. The van der Waals surface area contributed by atoms with Crippen LogP contribution >= 0.6 is 0 Å². The zero-order valence-corrected chi connectivity index (χ0v) is 14.2. The van der Waals surface area contributed by atoms with E-state index in [-0.39, 0.29) is 5.91 Å². The third kappa shape index (κ3) is 10.8. The quantitative estimate of drug-likeness (QED) is 0.393. The Kier molecular flexibility index (Phi) is 10.6. The molecule has 1 rings (SSSR count). The smallest absolute Gasteiger partial charge is 0.217 e. The predicted molar refractivity (Wildman–Crippen MR) is 91.1 cm³/mol. The van der Waals surface area contributed by atoms with Crippen LogP contribution < -0.4 is 5.73 Å². The van der Waals surface area contributed by atoms with E-state index >= 15 is 0 Å². The van der Waals surface area contributed by atoms with Crippen LogP contribution in [0.5, 0.6) is 0 Å². The zero-order chi connectivity index (χ0) is 15.3. The standard InChI is InChI=1S/C19H37NO/c1-2-3-4-10-13-17-16-18(17)14-11-8-6-5-7-9-12-15-19(20)21/h17-18H,2-16H2,1H3,(H2,20,21). The van der Waals surface area contributed by atoms with E-state index < -0.39 is 0 Å². The summed E-state index contributed by atoms with van der Waals surface area (Å²) in [4.78, 5) is 10.6. The lowest BCUT2D eigenvalue weighted by Gasteiger charge is -2.02. The van der Waals surface area contributed by atoms with E-state index in [2.05, 4.69) is 6.92 Å². The second-order valence-corrected chi connectivity index (χ2v) is 7.09. The van der Waals surface area contributed by atoms with Crippen molar-refractivity contribution in [3.05, 3.63) is 0 Å². The van der Waals surface area contributed by atoms with Crippen molar-refractivity contribution in [2.24, 2.45) is 17.6 Å². The van der Waals surface area contributed by atoms with Gasteiger partial charge in [0.15, 0.2) is 0 Å². The third-order valence-electron chi connectivity index (χ3n) is 5.00. The first-order chi connectivity index (χ1) is 10.2. The molecule has 1 aliphatic carbocycles. The van der Waals surface area contributed by atoms with Crippen molar-refractivity contribution in [2.45, 2.75) is 103 Å². The van der Waals surface area contributed by atoms with Gasteiger partial charge in [0.1, 0.15) is 0 Å². The van der Waals surface area contributed by atoms with Gasteiger partial charge in [0.2, 0.25) is 5.91 Å². The van der Waals surface area contributed by atoms with Gasteiger partial charge in [0, 0.05) is 6.42 Å². The molecule has 0 bridgehead atoms. The van der Waals surface area contributed by atoms with Gasteiger partial charge in [-0.25, -0.2) is 0 Å². The lowest BCUT2D eigenvalue weighted by Crippen LogP contribution is -2.09. The summed E-state index contributed by atoms with van der Waals surface area (Å²) >= 11 is 0. The molecule has 1 amide bonds. The fourth-order valence-corrected chi connectivity index (χ4v) is 3.44. The molecule has 124 valence electrons. The maximum Gasteiger partial charge on any atom is 0.217 e. The largest absolute Gasteiger partial charge is 0.370 e. The maximum absolute atomic E-state index is 10.6. The second-order valence-electron chi connectivity index (χ2n) is 7.09. The van der Waals surface area contributed by atoms with E-state index in [4.69, 9.17) is 5.73 Å². The summed E-state index contributed by atoms with van der Waals surface area (Å²) in [6.07, 6.45) is 19.8. The number of rotatable bonds is 15. The van der Waals surface area contributed by atoms with Crippen molar-refractivity contribution in [3.8, 4) is 0 Å². The van der Waals surface area contributed by atoms with Crippen LogP contribution in [-0.4, -0.2) is 5.91 Å². The number of amides is 1. The average Bonchev–Trinajstić information content (AvgIpc) is 3.20. The summed E-state index contributed by atoms with van der Waals surface area (Å²) in [6, 6.07) is 0. The highest BCUT2D eigenvalue weighted by atomic mass is 16.1. The van der Waals surface area contributed by atoms with Gasteiger partial charge in [-0.3, -0.25) is 4.79 Å². The molecule has 21 heavy (non-hydrogen) atoms. The number of carbonyl (C=O) groups is 1. The number of hydrogen-bond donors (Lipinski definition) is 1. The summed E-state index contributed by atoms with van der Waals surface area (Å²) in [5, 5.41) is 0. The van der Waals surface area contributed by atoms with Crippen LogP contribution in [0.25, 0.3) is 0 Å². The van der Waals surface area contributed by atoms with E-state index in [0.29, 0.717) is 6.42 Å². The zero-order valence-electron chi connectivity index (χ0n) is 14.2. The minimum atomic E-state index is -0.149. The van der Waals surface area contributed by atoms with Crippen LogP contribution in [-0.2, 0) is 4.79 Å². The highest BCUT2D eigenvalue weighted by Gasteiger charge is 2.34.